The number of hydrogen-bond acceptors (Lipinski definition) is 3. The molecule has 0 aromatic heterocycles. The largest absolute Gasteiger partial charge is 0.462 e. The van der Waals surface area contributed by atoms with Gasteiger partial charge in [-0.2, -0.15) is 8.78 Å². The Labute approximate surface area is 127 Å². The first-order chi connectivity index (χ1) is 9.31. The highest BCUT2D eigenvalue weighted by Crippen LogP contribution is 2.30. The van der Waals surface area contributed by atoms with Crippen molar-refractivity contribution in [1.82, 2.24) is 0 Å². The van der Waals surface area contributed by atoms with E-state index in [2.05, 4.69) is 32.3 Å². The molecule has 1 aromatic rings. The summed E-state index contributed by atoms with van der Waals surface area (Å²) in [6.45, 7) is 1.75. The Morgan fingerprint density at radius 3 is 2.65 bits per heavy atom. The van der Waals surface area contributed by atoms with Gasteiger partial charge in [-0.25, -0.2) is 9.18 Å². The van der Waals surface area contributed by atoms with Crippen LogP contribution in [0.25, 0.3) is 0 Å². The molecule has 0 bridgehead atoms. The van der Waals surface area contributed by atoms with Crippen LogP contribution in [0.3, 0.4) is 0 Å². The summed E-state index contributed by atoms with van der Waals surface area (Å²) in [5.74, 6) is -1.07. The van der Waals surface area contributed by atoms with Crippen molar-refractivity contribution in [1.29, 1.82) is 0 Å². The van der Waals surface area contributed by atoms with Gasteiger partial charge >= 0.3 is 12.1 Å². The molecule has 8 heteroatoms. The van der Waals surface area contributed by atoms with Crippen molar-refractivity contribution in [2.45, 2.75) is 24.0 Å². The van der Waals surface area contributed by atoms with Crippen LogP contribution < -0.4 is 4.74 Å². The van der Waals surface area contributed by atoms with Gasteiger partial charge in [0.2, 0.25) is 0 Å². The standard InChI is InChI=1S/C12H11BrClF3O3/c1-2-19-10(18)9-5-8(4-3-7(9)6-13)20-12(16,17)11(14)15/h3-5,11H,2,6H2,1H3. The van der Waals surface area contributed by atoms with E-state index >= 15 is 0 Å². The monoisotopic (exact) mass is 374 g/mol. The molecule has 0 aliphatic carbocycles. The first-order valence-corrected chi connectivity index (χ1v) is 7.08. The van der Waals surface area contributed by atoms with Crippen LogP contribution in [0.1, 0.15) is 22.8 Å². The molecule has 1 unspecified atom stereocenters. The molecule has 0 amide bonds. The summed E-state index contributed by atoms with van der Waals surface area (Å²) in [4.78, 5) is 11.7. The molecule has 0 N–H and O–H groups in total. The summed E-state index contributed by atoms with van der Waals surface area (Å²) in [7, 11) is 0. The van der Waals surface area contributed by atoms with Crippen LogP contribution in [0, 0.1) is 0 Å². The van der Waals surface area contributed by atoms with E-state index in [0.29, 0.717) is 10.9 Å². The number of rotatable bonds is 6. The van der Waals surface area contributed by atoms with Crippen LogP contribution in [0.4, 0.5) is 13.2 Å². The van der Waals surface area contributed by atoms with Crippen LogP contribution >= 0.6 is 27.5 Å². The van der Waals surface area contributed by atoms with Crippen LogP contribution in [-0.4, -0.2) is 24.3 Å². The predicted octanol–water partition coefficient (Wildman–Crippen LogP) is 4.26. The minimum atomic E-state index is -4.19. The van der Waals surface area contributed by atoms with E-state index in [1.165, 1.54) is 12.1 Å². The number of alkyl halides is 5. The number of ether oxygens (including phenoxy) is 2. The van der Waals surface area contributed by atoms with Gasteiger partial charge in [0.25, 0.3) is 5.63 Å². The maximum absolute atomic E-state index is 13.0. The minimum Gasteiger partial charge on any atom is -0.462 e. The van der Waals surface area contributed by atoms with Gasteiger partial charge in [0.15, 0.2) is 0 Å². The molecule has 112 valence electrons. The fourth-order valence-electron chi connectivity index (χ4n) is 1.34. The van der Waals surface area contributed by atoms with Crippen molar-refractivity contribution in [2.75, 3.05) is 6.61 Å². The molecular formula is C12H11BrClF3O3. The van der Waals surface area contributed by atoms with Crippen molar-refractivity contribution in [3.8, 4) is 5.75 Å². The second kappa shape index (κ2) is 7.17. The number of esters is 1. The number of carbonyl (C=O) groups excluding carboxylic acids is 1. The molecule has 20 heavy (non-hydrogen) atoms. The number of halogens is 5. The lowest BCUT2D eigenvalue weighted by Crippen LogP contribution is -2.32. The predicted molar refractivity (Wildman–Crippen MR) is 71.4 cm³/mol. The molecule has 0 aliphatic heterocycles. The smallest absolute Gasteiger partial charge is 0.444 e. The molecule has 0 spiro atoms. The number of benzene rings is 1. The normalized spacial score (nSPS) is 12.9. The van der Waals surface area contributed by atoms with Gasteiger partial charge in [-0.3, -0.25) is 0 Å². The average Bonchev–Trinajstić information content (AvgIpc) is 2.38. The van der Waals surface area contributed by atoms with Crippen molar-refractivity contribution in [3.63, 3.8) is 0 Å². The van der Waals surface area contributed by atoms with Crippen LogP contribution in [0.2, 0.25) is 0 Å². The van der Waals surface area contributed by atoms with E-state index in [0.717, 1.165) is 6.07 Å². The molecule has 1 aromatic carbocycles. The maximum Gasteiger partial charge on any atom is 0.444 e. The van der Waals surface area contributed by atoms with Gasteiger partial charge in [-0.1, -0.05) is 33.6 Å². The Balaban J connectivity index is 3.07. The molecule has 3 nitrogen and oxygen atoms in total. The molecule has 0 fully saturated rings. The second-order valence-electron chi connectivity index (χ2n) is 3.64. The van der Waals surface area contributed by atoms with E-state index in [4.69, 9.17) is 4.74 Å². The highest BCUT2D eigenvalue weighted by molar-refractivity contribution is 9.08. The third-order valence-electron chi connectivity index (χ3n) is 2.23. The first kappa shape index (κ1) is 17.1. The summed E-state index contributed by atoms with van der Waals surface area (Å²) in [6.07, 6.45) is -4.19. The fourth-order valence-corrected chi connectivity index (χ4v) is 1.87. The Hall–Kier alpha value is -0.950. The van der Waals surface area contributed by atoms with Gasteiger partial charge in [-0.15, -0.1) is 0 Å². The molecule has 0 saturated heterocycles. The number of hydrogen-bond donors (Lipinski definition) is 0. The zero-order valence-electron chi connectivity index (χ0n) is 10.3. The van der Waals surface area contributed by atoms with Crippen molar-refractivity contribution in [3.05, 3.63) is 29.3 Å². The molecule has 1 rings (SSSR count). The van der Waals surface area contributed by atoms with E-state index in [1.54, 1.807) is 6.92 Å². The Morgan fingerprint density at radius 1 is 1.50 bits per heavy atom. The van der Waals surface area contributed by atoms with Gasteiger partial charge in [0, 0.05) is 5.33 Å². The lowest BCUT2D eigenvalue weighted by molar-refractivity contribution is -0.199. The Morgan fingerprint density at radius 2 is 2.15 bits per heavy atom. The van der Waals surface area contributed by atoms with Crippen LogP contribution in [-0.2, 0) is 10.1 Å². The van der Waals surface area contributed by atoms with Gasteiger partial charge in [0.1, 0.15) is 5.75 Å². The lowest BCUT2D eigenvalue weighted by Gasteiger charge is -2.18. The molecule has 0 aliphatic rings. The molecule has 0 radical (unpaired) electrons. The van der Waals surface area contributed by atoms with E-state index in [9.17, 15) is 18.0 Å². The summed E-state index contributed by atoms with van der Waals surface area (Å²) in [5.41, 5.74) is -2.41. The zero-order valence-corrected chi connectivity index (χ0v) is 12.7. The third-order valence-corrected chi connectivity index (χ3v) is 3.09. The fraction of sp³-hybridized carbons (Fsp3) is 0.417. The molecular weight excluding hydrogens is 364 g/mol. The van der Waals surface area contributed by atoms with Crippen LogP contribution in [0.15, 0.2) is 18.2 Å². The van der Waals surface area contributed by atoms with E-state index in [-0.39, 0.29) is 17.9 Å². The second-order valence-corrected chi connectivity index (χ2v) is 4.58. The van der Waals surface area contributed by atoms with E-state index < -0.39 is 17.7 Å². The summed E-state index contributed by atoms with van der Waals surface area (Å²) in [6, 6.07) is 3.64. The zero-order chi connectivity index (χ0) is 15.3. The van der Waals surface area contributed by atoms with Gasteiger partial charge in [-0.05, 0) is 24.6 Å². The topological polar surface area (TPSA) is 35.5 Å². The Kier molecular flexibility index (Phi) is 6.13. The van der Waals surface area contributed by atoms with Gasteiger partial charge in [0.05, 0.1) is 12.2 Å². The van der Waals surface area contributed by atoms with Crippen LogP contribution in [0.5, 0.6) is 5.75 Å². The average molecular weight is 376 g/mol. The van der Waals surface area contributed by atoms with Crippen molar-refractivity contribution in [2.24, 2.45) is 0 Å². The van der Waals surface area contributed by atoms with Gasteiger partial charge < -0.3 is 9.47 Å². The highest BCUT2D eigenvalue weighted by Gasteiger charge is 2.42. The summed E-state index contributed by atoms with van der Waals surface area (Å²) < 4.78 is 47.5. The van der Waals surface area contributed by atoms with Crippen molar-refractivity contribution >= 4 is 33.5 Å². The third kappa shape index (κ3) is 4.28. The van der Waals surface area contributed by atoms with Crippen molar-refractivity contribution < 1.29 is 27.4 Å². The summed E-state index contributed by atoms with van der Waals surface area (Å²) >= 11 is 7.85. The lowest BCUT2D eigenvalue weighted by atomic mass is 10.1. The first-order valence-electron chi connectivity index (χ1n) is 5.52. The Bertz CT molecular complexity index is 483. The molecule has 1 atom stereocenters. The number of carbonyl (C=O) groups is 1. The highest BCUT2D eigenvalue weighted by atomic mass is 79.9. The molecule has 0 saturated carbocycles. The van der Waals surface area contributed by atoms with E-state index in [1.807, 2.05) is 0 Å². The molecule has 0 heterocycles. The SMILES string of the molecule is CCOC(=O)c1cc(OC(F)(F)C(F)Cl)ccc1CBr. The summed E-state index contributed by atoms with van der Waals surface area (Å²) in [5, 5.41) is 0.319. The quantitative estimate of drug-likeness (QED) is 0.550. The minimum absolute atomic E-state index is 0.0574. The maximum atomic E-state index is 13.0.